The number of sulfonamides is 1. The smallest absolute Gasteiger partial charge is 0.264 e. The topological polar surface area (TPSA) is 86.8 Å². The van der Waals surface area contributed by atoms with Crippen molar-refractivity contribution in [2.75, 3.05) is 10.8 Å². The van der Waals surface area contributed by atoms with Crippen LogP contribution in [-0.2, 0) is 26.2 Å². The molecule has 0 saturated carbocycles. The van der Waals surface area contributed by atoms with Crippen molar-refractivity contribution >= 4 is 39.1 Å². The van der Waals surface area contributed by atoms with E-state index < -0.39 is 28.5 Å². The first kappa shape index (κ1) is 31.2. The van der Waals surface area contributed by atoms with Crippen molar-refractivity contribution in [2.45, 2.75) is 71.0 Å². The number of amides is 2. The zero-order chi connectivity index (χ0) is 29.4. The molecule has 7 nitrogen and oxygen atoms in total. The van der Waals surface area contributed by atoms with Crippen molar-refractivity contribution < 1.29 is 18.0 Å². The molecule has 0 spiro atoms. The van der Waals surface area contributed by atoms with Gasteiger partial charge in [-0.3, -0.25) is 13.9 Å². The zero-order valence-electron chi connectivity index (χ0n) is 23.7. The zero-order valence-corrected chi connectivity index (χ0v) is 25.3. The number of nitrogens with one attached hydrogen (secondary N) is 1. The van der Waals surface area contributed by atoms with E-state index in [1.54, 1.807) is 18.2 Å². The molecule has 0 aliphatic heterocycles. The fraction of sp³-hybridized carbons (Fsp3) is 0.355. The third-order valence-electron chi connectivity index (χ3n) is 6.96. The summed E-state index contributed by atoms with van der Waals surface area (Å²) in [6.45, 7) is 9.23. The van der Waals surface area contributed by atoms with Gasteiger partial charge in [0.1, 0.15) is 12.6 Å². The molecule has 0 unspecified atom stereocenters. The molecule has 0 aliphatic carbocycles. The Balaban J connectivity index is 2.07. The van der Waals surface area contributed by atoms with Gasteiger partial charge >= 0.3 is 0 Å². The normalized spacial score (nSPS) is 12.8. The molecule has 0 heterocycles. The summed E-state index contributed by atoms with van der Waals surface area (Å²) in [5, 5.41) is 3.40. The van der Waals surface area contributed by atoms with E-state index in [9.17, 15) is 18.0 Å². The lowest BCUT2D eigenvalue weighted by molar-refractivity contribution is -0.140. The van der Waals surface area contributed by atoms with E-state index in [1.165, 1.54) is 29.2 Å². The minimum atomic E-state index is -4.15. The van der Waals surface area contributed by atoms with E-state index in [0.29, 0.717) is 17.1 Å². The van der Waals surface area contributed by atoms with Gasteiger partial charge in [0.15, 0.2) is 0 Å². The monoisotopic (exact) mass is 583 g/mol. The molecule has 2 amide bonds. The molecule has 0 fully saturated rings. The predicted molar refractivity (Wildman–Crippen MR) is 161 cm³/mol. The molecule has 1 N–H and O–H groups in total. The first-order valence-electron chi connectivity index (χ1n) is 13.5. The van der Waals surface area contributed by atoms with Crippen LogP contribution in [0.3, 0.4) is 0 Å². The first-order chi connectivity index (χ1) is 19.0. The number of nitrogens with zero attached hydrogens (tertiary/aromatic N) is 2. The van der Waals surface area contributed by atoms with Crippen LogP contribution in [0, 0.1) is 13.8 Å². The highest BCUT2D eigenvalue weighted by atomic mass is 35.5. The largest absolute Gasteiger partial charge is 0.352 e. The van der Waals surface area contributed by atoms with Crippen molar-refractivity contribution in [2.24, 2.45) is 0 Å². The Morgan fingerprint density at radius 3 is 2.20 bits per heavy atom. The summed E-state index contributed by atoms with van der Waals surface area (Å²) < 4.78 is 28.9. The van der Waals surface area contributed by atoms with Crippen molar-refractivity contribution in [3.63, 3.8) is 0 Å². The van der Waals surface area contributed by atoms with Crippen molar-refractivity contribution in [3.8, 4) is 0 Å². The first-order valence-corrected chi connectivity index (χ1v) is 15.3. The van der Waals surface area contributed by atoms with E-state index in [4.69, 9.17) is 11.6 Å². The van der Waals surface area contributed by atoms with Crippen LogP contribution in [0.25, 0.3) is 0 Å². The van der Waals surface area contributed by atoms with Crippen molar-refractivity contribution in [1.82, 2.24) is 10.2 Å². The van der Waals surface area contributed by atoms with Gasteiger partial charge in [0.25, 0.3) is 10.0 Å². The predicted octanol–water partition coefficient (Wildman–Crippen LogP) is 5.87. The molecule has 3 aromatic rings. The van der Waals surface area contributed by atoms with Crippen molar-refractivity contribution in [1.29, 1.82) is 0 Å². The summed E-state index contributed by atoms with van der Waals surface area (Å²) >= 11 is 6.01. The molecule has 0 aromatic heterocycles. The molecule has 3 rings (SSSR count). The highest BCUT2D eigenvalue weighted by molar-refractivity contribution is 7.92. The second-order valence-corrected chi connectivity index (χ2v) is 12.3. The lowest BCUT2D eigenvalue weighted by Gasteiger charge is -2.34. The van der Waals surface area contributed by atoms with Gasteiger partial charge in [-0.15, -0.1) is 0 Å². The van der Waals surface area contributed by atoms with Crippen LogP contribution in [0.2, 0.25) is 5.02 Å². The number of benzene rings is 3. The van der Waals surface area contributed by atoms with Crippen LogP contribution < -0.4 is 9.62 Å². The lowest BCUT2D eigenvalue weighted by atomic mass is 10.1. The Labute approximate surface area is 243 Å². The fourth-order valence-corrected chi connectivity index (χ4v) is 5.91. The Hall–Kier alpha value is -3.36. The molecule has 0 bridgehead atoms. The SMILES string of the molecule is CC[C@H](C)NC(=O)[C@H](CC)N(Cc1ccccc1C)C(=O)CN(c1cccc(C)c1)S(=O)(=O)c1ccc(Cl)cc1. The maximum absolute atomic E-state index is 14.1. The molecule has 2 atom stereocenters. The highest BCUT2D eigenvalue weighted by Gasteiger charge is 2.34. The van der Waals surface area contributed by atoms with Gasteiger partial charge in [0.2, 0.25) is 11.8 Å². The third kappa shape index (κ3) is 7.64. The van der Waals surface area contributed by atoms with Crippen LogP contribution in [0.15, 0.2) is 77.7 Å². The van der Waals surface area contributed by atoms with Crippen LogP contribution in [0.4, 0.5) is 5.69 Å². The van der Waals surface area contributed by atoms with Crippen LogP contribution in [-0.4, -0.2) is 43.8 Å². The molecule has 214 valence electrons. The fourth-order valence-electron chi connectivity index (χ4n) is 4.38. The summed E-state index contributed by atoms with van der Waals surface area (Å²) in [6, 6.07) is 19.6. The number of aryl methyl sites for hydroxylation is 2. The van der Waals surface area contributed by atoms with Gasteiger partial charge in [0.05, 0.1) is 10.6 Å². The molecular weight excluding hydrogens is 546 g/mol. The van der Waals surface area contributed by atoms with Crippen LogP contribution in [0.5, 0.6) is 0 Å². The van der Waals surface area contributed by atoms with E-state index in [1.807, 2.05) is 65.0 Å². The number of carbonyl (C=O) groups excluding carboxylic acids is 2. The number of anilines is 1. The highest BCUT2D eigenvalue weighted by Crippen LogP contribution is 2.26. The number of hydrogen-bond donors (Lipinski definition) is 1. The molecule has 0 saturated heterocycles. The summed E-state index contributed by atoms with van der Waals surface area (Å²) in [4.78, 5) is 29.0. The maximum atomic E-state index is 14.1. The molecular formula is C31H38ClN3O4S. The van der Waals surface area contributed by atoms with E-state index in [2.05, 4.69) is 5.32 Å². The van der Waals surface area contributed by atoms with E-state index >= 15 is 0 Å². The van der Waals surface area contributed by atoms with E-state index in [0.717, 1.165) is 27.4 Å². The summed E-state index contributed by atoms with van der Waals surface area (Å²) in [5.74, 6) is -0.741. The summed E-state index contributed by atoms with van der Waals surface area (Å²) in [5.41, 5.74) is 3.06. The van der Waals surface area contributed by atoms with Gasteiger partial charge < -0.3 is 10.2 Å². The molecule has 3 aromatic carbocycles. The van der Waals surface area contributed by atoms with E-state index in [-0.39, 0.29) is 23.4 Å². The van der Waals surface area contributed by atoms with Crippen LogP contribution in [0.1, 0.15) is 50.3 Å². The van der Waals surface area contributed by atoms with Gasteiger partial charge in [-0.1, -0.05) is 61.8 Å². The number of carbonyl (C=O) groups is 2. The van der Waals surface area contributed by atoms with Crippen molar-refractivity contribution in [3.05, 3.63) is 94.5 Å². The average molecular weight is 584 g/mol. The second kappa shape index (κ2) is 13.8. The van der Waals surface area contributed by atoms with Gasteiger partial charge in [-0.05, 0) is 86.7 Å². The summed E-state index contributed by atoms with van der Waals surface area (Å²) in [6.07, 6.45) is 1.11. The second-order valence-electron chi connectivity index (χ2n) is 9.99. The Morgan fingerprint density at radius 2 is 1.60 bits per heavy atom. The molecule has 40 heavy (non-hydrogen) atoms. The maximum Gasteiger partial charge on any atom is 0.264 e. The third-order valence-corrected chi connectivity index (χ3v) is 9.00. The number of rotatable bonds is 12. The van der Waals surface area contributed by atoms with Gasteiger partial charge in [0, 0.05) is 17.6 Å². The quantitative estimate of drug-likeness (QED) is 0.289. The van der Waals surface area contributed by atoms with Gasteiger partial charge in [-0.25, -0.2) is 8.42 Å². The number of hydrogen-bond acceptors (Lipinski definition) is 4. The minimum Gasteiger partial charge on any atom is -0.352 e. The van der Waals surface area contributed by atoms with Crippen LogP contribution >= 0.6 is 11.6 Å². The Bertz CT molecular complexity index is 1430. The number of halogens is 1. The summed E-state index contributed by atoms with van der Waals surface area (Å²) in [7, 11) is -4.15. The lowest BCUT2D eigenvalue weighted by Crippen LogP contribution is -2.53. The Morgan fingerprint density at radius 1 is 0.925 bits per heavy atom. The molecule has 9 heteroatoms. The molecule has 0 aliphatic rings. The Kier molecular flexibility index (Phi) is 10.8. The molecule has 0 radical (unpaired) electrons. The standard InChI is InChI=1S/C31H38ClN3O4S/c1-6-24(5)33-31(37)29(7-2)34(20-25-13-9-8-12-23(25)4)30(36)21-35(27-14-10-11-22(3)19-27)40(38,39)28-17-15-26(32)16-18-28/h8-19,24,29H,6-7,20-21H2,1-5H3,(H,33,37)/t24-,29-/m0/s1. The minimum absolute atomic E-state index is 0.0122. The average Bonchev–Trinajstić information content (AvgIpc) is 2.92. The van der Waals surface area contributed by atoms with Gasteiger partial charge in [-0.2, -0.15) is 0 Å².